The molecule has 1 aliphatic heterocycles. The Hall–Kier alpha value is -1.10. The molecular weight excluding hydrogens is 256 g/mol. The second-order valence-corrected chi connectivity index (χ2v) is 6.04. The largest absolute Gasteiger partial charge is 0.480 e. The molecule has 2 atom stereocenters. The third-order valence-corrected chi connectivity index (χ3v) is 4.73. The first-order valence-electron chi connectivity index (χ1n) is 7.85. The van der Waals surface area contributed by atoms with Crippen molar-refractivity contribution in [2.45, 2.75) is 51.5 Å². The van der Waals surface area contributed by atoms with Crippen molar-refractivity contribution in [1.82, 2.24) is 9.80 Å². The lowest BCUT2D eigenvalue weighted by atomic mass is 9.78. The Morgan fingerprint density at radius 1 is 1.15 bits per heavy atom. The molecule has 1 amide bonds. The number of likely N-dealkylation sites (tertiary alicyclic amines) is 1. The van der Waals surface area contributed by atoms with Gasteiger partial charge in [-0.15, -0.1) is 0 Å². The van der Waals surface area contributed by atoms with E-state index in [1.165, 1.54) is 25.7 Å². The van der Waals surface area contributed by atoms with Gasteiger partial charge in [0.25, 0.3) is 0 Å². The van der Waals surface area contributed by atoms with Crippen molar-refractivity contribution in [1.29, 1.82) is 0 Å². The number of aliphatic carboxylic acids is 1. The Morgan fingerprint density at radius 3 is 2.55 bits per heavy atom. The van der Waals surface area contributed by atoms with Gasteiger partial charge in [-0.05, 0) is 38.1 Å². The molecule has 114 valence electrons. The predicted molar refractivity (Wildman–Crippen MR) is 76.4 cm³/mol. The molecule has 1 aliphatic carbocycles. The van der Waals surface area contributed by atoms with E-state index in [2.05, 4.69) is 0 Å². The van der Waals surface area contributed by atoms with Crippen LogP contribution in [0.3, 0.4) is 0 Å². The van der Waals surface area contributed by atoms with Gasteiger partial charge in [-0.3, -0.25) is 14.5 Å². The van der Waals surface area contributed by atoms with Gasteiger partial charge in [-0.1, -0.05) is 19.8 Å². The monoisotopic (exact) mass is 282 g/mol. The number of carbonyl (C=O) groups is 2. The Labute approximate surface area is 120 Å². The highest BCUT2D eigenvalue weighted by atomic mass is 16.4. The van der Waals surface area contributed by atoms with E-state index < -0.39 is 5.97 Å². The molecule has 0 radical (unpaired) electrons. The minimum Gasteiger partial charge on any atom is -0.480 e. The van der Waals surface area contributed by atoms with Crippen molar-refractivity contribution in [2.75, 3.05) is 26.2 Å². The predicted octanol–water partition coefficient (Wildman–Crippen LogP) is 1.57. The summed E-state index contributed by atoms with van der Waals surface area (Å²) in [6.07, 6.45) is 7.24. The second kappa shape index (κ2) is 7.07. The molecule has 0 aromatic rings. The van der Waals surface area contributed by atoms with Crippen LogP contribution < -0.4 is 0 Å². The minimum atomic E-state index is -0.867. The van der Waals surface area contributed by atoms with Gasteiger partial charge < -0.3 is 10.0 Å². The third-order valence-electron chi connectivity index (χ3n) is 4.73. The quantitative estimate of drug-likeness (QED) is 0.831. The number of rotatable bonds is 5. The molecule has 0 spiro atoms. The number of hydrogen-bond donors (Lipinski definition) is 1. The first kappa shape index (κ1) is 15.3. The Kier molecular flexibility index (Phi) is 5.40. The highest BCUT2D eigenvalue weighted by Gasteiger charge is 2.35. The molecule has 1 N–H and O–H groups in total. The summed E-state index contributed by atoms with van der Waals surface area (Å²) in [6.45, 7) is 3.54. The highest BCUT2D eigenvalue weighted by Crippen LogP contribution is 2.35. The number of carboxylic acids is 1. The number of carbonyl (C=O) groups excluding carboxylic acids is 1. The van der Waals surface area contributed by atoms with Gasteiger partial charge in [0.05, 0.1) is 13.1 Å². The summed E-state index contributed by atoms with van der Waals surface area (Å²) in [5.74, 6) is -0.0745. The summed E-state index contributed by atoms with van der Waals surface area (Å²) in [4.78, 5) is 27.0. The summed E-state index contributed by atoms with van der Waals surface area (Å²) in [5.41, 5.74) is 0. The molecule has 1 saturated heterocycles. The zero-order valence-electron chi connectivity index (χ0n) is 12.4. The van der Waals surface area contributed by atoms with E-state index in [1.807, 2.05) is 11.8 Å². The lowest BCUT2D eigenvalue weighted by molar-refractivity contribution is -0.141. The highest BCUT2D eigenvalue weighted by molar-refractivity contribution is 5.79. The minimum absolute atomic E-state index is 0.0514. The Morgan fingerprint density at radius 2 is 1.85 bits per heavy atom. The normalized spacial score (nSPS) is 26.4. The van der Waals surface area contributed by atoms with Crippen LogP contribution in [0.4, 0.5) is 0 Å². The molecule has 0 aromatic carbocycles. The summed E-state index contributed by atoms with van der Waals surface area (Å²) < 4.78 is 0. The van der Waals surface area contributed by atoms with Gasteiger partial charge >= 0.3 is 5.97 Å². The van der Waals surface area contributed by atoms with E-state index in [1.54, 1.807) is 4.90 Å². The van der Waals surface area contributed by atoms with Crippen molar-refractivity contribution in [3.8, 4) is 0 Å². The van der Waals surface area contributed by atoms with Crippen molar-refractivity contribution in [2.24, 2.45) is 5.92 Å². The van der Waals surface area contributed by atoms with Gasteiger partial charge in [0.1, 0.15) is 0 Å². The number of amides is 1. The average molecular weight is 282 g/mol. The Bertz CT molecular complexity index is 357. The van der Waals surface area contributed by atoms with Crippen LogP contribution in [-0.2, 0) is 9.59 Å². The summed E-state index contributed by atoms with van der Waals surface area (Å²) in [5, 5.41) is 8.86. The number of hydrogen-bond acceptors (Lipinski definition) is 3. The molecule has 2 aliphatic rings. The van der Waals surface area contributed by atoms with Gasteiger partial charge in [0.15, 0.2) is 0 Å². The smallest absolute Gasteiger partial charge is 0.317 e. The number of fused-ring (bicyclic) bond motifs is 1. The second-order valence-electron chi connectivity index (χ2n) is 6.04. The molecule has 0 bridgehead atoms. The molecule has 0 aromatic heterocycles. The third kappa shape index (κ3) is 3.72. The van der Waals surface area contributed by atoms with Crippen molar-refractivity contribution in [3.05, 3.63) is 0 Å². The molecule has 2 rings (SSSR count). The van der Waals surface area contributed by atoms with Crippen LogP contribution in [0, 0.1) is 5.92 Å². The fraction of sp³-hybridized carbons (Fsp3) is 0.867. The van der Waals surface area contributed by atoms with Gasteiger partial charge in [-0.2, -0.15) is 0 Å². The summed E-state index contributed by atoms with van der Waals surface area (Å²) in [7, 11) is 0. The lowest BCUT2D eigenvalue weighted by Gasteiger charge is -2.44. The molecule has 2 fully saturated rings. The van der Waals surface area contributed by atoms with Crippen LogP contribution in [0.2, 0.25) is 0 Å². The van der Waals surface area contributed by atoms with Crippen LogP contribution in [0.5, 0.6) is 0 Å². The lowest BCUT2D eigenvalue weighted by Crippen LogP contribution is -2.52. The summed E-state index contributed by atoms with van der Waals surface area (Å²) in [6, 6.07) is 0.411. The number of nitrogens with zero attached hydrogens (tertiary/aromatic N) is 2. The van der Waals surface area contributed by atoms with Crippen molar-refractivity contribution >= 4 is 11.9 Å². The molecule has 1 saturated carbocycles. The first-order chi connectivity index (χ1) is 9.61. The number of piperidine rings is 1. The van der Waals surface area contributed by atoms with E-state index >= 15 is 0 Å². The average Bonchev–Trinajstić information content (AvgIpc) is 2.45. The van der Waals surface area contributed by atoms with Gasteiger partial charge in [-0.25, -0.2) is 0 Å². The van der Waals surface area contributed by atoms with E-state index in [0.29, 0.717) is 18.5 Å². The van der Waals surface area contributed by atoms with Crippen molar-refractivity contribution in [3.63, 3.8) is 0 Å². The fourth-order valence-electron chi connectivity index (χ4n) is 3.69. The van der Waals surface area contributed by atoms with Crippen LogP contribution >= 0.6 is 0 Å². The zero-order chi connectivity index (χ0) is 14.5. The van der Waals surface area contributed by atoms with Crippen LogP contribution in [0.1, 0.15) is 45.4 Å². The molecule has 5 heteroatoms. The topological polar surface area (TPSA) is 60.9 Å². The van der Waals surface area contributed by atoms with Crippen LogP contribution in [-0.4, -0.2) is 59.0 Å². The molecular formula is C15H26N2O3. The molecule has 5 nitrogen and oxygen atoms in total. The Balaban J connectivity index is 1.94. The maximum absolute atomic E-state index is 12.5. The zero-order valence-corrected chi connectivity index (χ0v) is 12.4. The van der Waals surface area contributed by atoms with E-state index in [-0.39, 0.29) is 19.0 Å². The SMILES string of the molecule is CCN(CC(=O)O)CC(=O)N1CCCC2CCCCC21. The molecule has 1 heterocycles. The van der Waals surface area contributed by atoms with E-state index in [4.69, 9.17) is 5.11 Å². The standard InChI is InChI=1S/C15H26N2O3/c1-2-16(11-15(19)20)10-14(18)17-9-5-7-12-6-3-4-8-13(12)17/h12-13H,2-11H2,1H3,(H,19,20). The number of likely N-dealkylation sites (N-methyl/N-ethyl adjacent to an activating group) is 1. The van der Waals surface area contributed by atoms with E-state index in [0.717, 1.165) is 19.4 Å². The summed E-state index contributed by atoms with van der Waals surface area (Å²) >= 11 is 0. The van der Waals surface area contributed by atoms with Crippen LogP contribution in [0.25, 0.3) is 0 Å². The van der Waals surface area contributed by atoms with Crippen LogP contribution in [0.15, 0.2) is 0 Å². The maximum atomic E-state index is 12.5. The first-order valence-corrected chi connectivity index (χ1v) is 7.85. The number of carboxylic acid groups (broad SMARTS) is 1. The van der Waals surface area contributed by atoms with Gasteiger partial charge in [0, 0.05) is 12.6 Å². The van der Waals surface area contributed by atoms with Crippen molar-refractivity contribution < 1.29 is 14.7 Å². The fourth-order valence-corrected chi connectivity index (χ4v) is 3.69. The maximum Gasteiger partial charge on any atom is 0.317 e. The van der Waals surface area contributed by atoms with Gasteiger partial charge in [0.2, 0.25) is 5.91 Å². The molecule has 2 unspecified atom stereocenters. The molecule has 20 heavy (non-hydrogen) atoms. The van der Waals surface area contributed by atoms with E-state index in [9.17, 15) is 9.59 Å².